The van der Waals surface area contributed by atoms with Gasteiger partial charge in [-0.3, -0.25) is 0 Å². The fourth-order valence-corrected chi connectivity index (χ4v) is 1.43. The van der Waals surface area contributed by atoms with Gasteiger partial charge in [-0.15, -0.1) is 0 Å². The standard InChI is InChI=1S/C10H12N2O/c1-7(2)9-5-8-3-4-11-12(8)6-10(9)13/h3-7,13H,1-2H3. The van der Waals surface area contributed by atoms with Gasteiger partial charge in [-0.1, -0.05) is 13.8 Å². The Bertz CT molecular complexity index is 431. The molecule has 0 radical (unpaired) electrons. The van der Waals surface area contributed by atoms with Gasteiger partial charge in [0.05, 0.1) is 11.7 Å². The summed E-state index contributed by atoms with van der Waals surface area (Å²) in [7, 11) is 0. The molecule has 3 nitrogen and oxygen atoms in total. The van der Waals surface area contributed by atoms with Crippen molar-refractivity contribution >= 4 is 5.52 Å². The zero-order valence-corrected chi connectivity index (χ0v) is 7.73. The van der Waals surface area contributed by atoms with Crippen LogP contribution in [0.1, 0.15) is 25.3 Å². The number of nitrogens with zero attached hydrogens (tertiary/aromatic N) is 2. The van der Waals surface area contributed by atoms with Gasteiger partial charge in [0.15, 0.2) is 0 Å². The van der Waals surface area contributed by atoms with Crippen molar-refractivity contribution in [3.05, 3.63) is 30.1 Å². The van der Waals surface area contributed by atoms with E-state index in [1.807, 2.05) is 12.1 Å². The molecule has 3 heteroatoms. The molecule has 68 valence electrons. The Labute approximate surface area is 76.6 Å². The zero-order valence-electron chi connectivity index (χ0n) is 7.73. The molecule has 0 aliphatic carbocycles. The molecule has 0 atom stereocenters. The first-order valence-electron chi connectivity index (χ1n) is 4.35. The number of rotatable bonds is 1. The molecule has 2 aromatic rings. The predicted octanol–water partition coefficient (Wildman–Crippen LogP) is 2.16. The van der Waals surface area contributed by atoms with Gasteiger partial charge in [0.1, 0.15) is 5.75 Å². The maximum atomic E-state index is 9.64. The Morgan fingerprint density at radius 3 is 2.92 bits per heavy atom. The van der Waals surface area contributed by atoms with E-state index in [1.165, 1.54) is 0 Å². The van der Waals surface area contributed by atoms with E-state index in [4.69, 9.17) is 0 Å². The third-order valence-electron chi connectivity index (χ3n) is 2.17. The van der Waals surface area contributed by atoms with Gasteiger partial charge in [-0.25, -0.2) is 4.52 Å². The molecule has 0 aliphatic rings. The van der Waals surface area contributed by atoms with E-state index < -0.39 is 0 Å². The zero-order chi connectivity index (χ0) is 9.42. The predicted molar refractivity (Wildman–Crippen MR) is 50.9 cm³/mol. The van der Waals surface area contributed by atoms with Crippen molar-refractivity contribution in [2.45, 2.75) is 19.8 Å². The largest absolute Gasteiger partial charge is 0.506 e. The fourth-order valence-electron chi connectivity index (χ4n) is 1.43. The lowest BCUT2D eigenvalue weighted by atomic mass is 10.0. The first-order chi connectivity index (χ1) is 6.18. The van der Waals surface area contributed by atoms with Crippen molar-refractivity contribution in [3.63, 3.8) is 0 Å². The summed E-state index contributed by atoms with van der Waals surface area (Å²) in [4.78, 5) is 0. The van der Waals surface area contributed by atoms with Crippen molar-refractivity contribution in [2.75, 3.05) is 0 Å². The van der Waals surface area contributed by atoms with Gasteiger partial charge in [0, 0.05) is 11.8 Å². The summed E-state index contributed by atoms with van der Waals surface area (Å²) in [6.07, 6.45) is 3.36. The monoisotopic (exact) mass is 176 g/mol. The van der Waals surface area contributed by atoms with Crippen molar-refractivity contribution < 1.29 is 5.11 Å². The van der Waals surface area contributed by atoms with Crippen LogP contribution < -0.4 is 0 Å². The molecule has 13 heavy (non-hydrogen) atoms. The highest BCUT2D eigenvalue weighted by Gasteiger charge is 2.07. The molecule has 0 fully saturated rings. The van der Waals surface area contributed by atoms with Crippen LogP contribution in [0.2, 0.25) is 0 Å². The van der Waals surface area contributed by atoms with Gasteiger partial charge in [-0.2, -0.15) is 5.10 Å². The Morgan fingerprint density at radius 1 is 1.46 bits per heavy atom. The van der Waals surface area contributed by atoms with E-state index in [1.54, 1.807) is 16.9 Å². The summed E-state index contributed by atoms with van der Waals surface area (Å²) >= 11 is 0. The quantitative estimate of drug-likeness (QED) is 0.723. The fraction of sp³-hybridized carbons (Fsp3) is 0.300. The van der Waals surface area contributed by atoms with Gasteiger partial charge in [-0.05, 0) is 18.1 Å². The number of aromatic hydroxyl groups is 1. The molecule has 0 saturated heterocycles. The van der Waals surface area contributed by atoms with Crippen LogP contribution in [0.5, 0.6) is 5.75 Å². The van der Waals surface area contributed by atoms with E-state index in [-0.39, 0.29) is 0 Å². The first-order valence-corrected chi connectivity index (χ1v) is 4.35. The highest BCUT2D eigenvalue weighted by Crippen LogP contribution is 2.26. The summed E-state index contributed by atoms with van der Waals surface area (Å²) in [6.45, 7) is 4.11. The number of pyridine rings is 1. The van der Waals surface area contributed by atoms with Gasteiger partial charge < -0.3 is 5.11 Å². The lowest BCUT2D eigenvalue weighted by Gasteiger charge is -2.08. The molecular weight excluding hydrogens is 164 g/mol. The van der Waals surface area contributed by atoms with Crippen molar-refractivity contribution in [1.82, 2.24) is 9.61 Å². The van der Waals surface area contributed by atoms with Gasteiger partial charge in [0.2, 0.25) is 0 Å². The Kier molecular flexibility index (Phi) is 1.72. The number of hydrogen-bond acceptors (Lipinski definition) is 2. The molecule has 2 rings (SSSR count). The minimum absolute atomic E-state index is 0.311. The van der Waals surface area contributed by atoms with E-state index in [0.717, 1.165) is 11.1 Å². The lowest BCUT2D eigenvalue weighted by Crippen LogP contribution is -1.92. The molecule has 2 aromatic heterocycles. The van der Waals surface area contributed by atoms with Crippen LogP contribution in [0.15, 0.2) is 24.5 Å². The molecule has 0 amide bonds. The normalized spacial score (nSPS) is 11.3. The lowest BCUT2D eigenvalue weighted by molar-refractivity contribution is 0.460. The molecule has 0 aromatic carbocycles. The molecule has 0 saturated carbocycles. The molecule has 0 aliphatic heterocycles. The van der Waals surface area contributed by atoms with Crippen LogP contribution >= 0.6 is 0 Å². The Hall–Kier alpha value is -1.51. The highest BCUT2D eigenvalue weighted by molar-refractivity contribution is 5.52. The molecule has 0 bridgehead atoms. The topological polar surface area (TPSA) is 37.5 Å². The van der Waals surface area contributed by atoms with E-state index in [2.05, 4.69) is 18.9 Å². The Morgan fingerprint density at radius 2 is 2.23 bits per heavy atom. The highest BCUT2D eigenvalue weighted by atomic mass is 16.3. The number of hydrogen-bond donors (Lipinski definition) is 1. The van der Waals surface area contributed by atoms with E-state index in [0.29, 0.717) is 11.7 Å². The molecule has 1 N–H and O–H groups in total. The smallest absolute Gasteiger partial charge is 0.137 e. The van der Waals surface area contributed by atoms with Gasteiger partial charge >= 0.3 is 0 Å². The minimum Gasteiger partial charge on any atom is -0.506 e. The average molecular weight is 176 g/mol. The van der Waals surface area contributed by atoms with Crippen LogP contribution in [0.25, 0.3) is 5.52 Å². The summed E-state index contributed by atoms with van der Waals surface area (Å²) in [5.41, 5.74) is 1.98. The third-order valence-corrected chi connectivity index (χ3v) is 2.17. The number of fused-ring (bicyclic) bond motifs is 1. The summed E-state index contributed by atoms with van der Waals surface area (Å²) < 4.78 is 1.67. The van der Waals surface area contributed by atoms with Crippen LogP contribution in [0, 0.1) is 0 Å². The van der Waals surface area contributed by atoms with Crippen LogP contribution in [0.3, 0.4) is 0 Å². The van der Waals surface area contributed by atoms with Crippen molar-refractivity contribution in [1.29, 1.82) is 0 Å². The SMILES string of the molecule is CC(C)c1cc2ccnn2cc1O. The average Bonchev–Trinajstić information content (AvgIpc) is 2.48. The first kappa shape index (κ1) is 8.10. The summed E-state index contributed by atoms with van der Waals surface area (Å²) in [5, 5.41) is 13.7. The Balaban J connectivity index is 2.69. The summed E-state index contributed by atoms with van der Waals surface area (Å²) in [6, 6.07) is 3.89. The van der Waals surface area contributed by atoms with Crippen LogP contribution in [0.4, 0.5) is 0 Å². The second-order valence-electron chi connectivity index (χ2n) is 3.47. The third kappa shape index (κ3) is 1.26. The van der Waals surface area contributed by atoms with Crippen LogP contribution in [-0.2, 0) is 0 Å². The maximum absolute atomic E-state index is 9.64. The maximum Gasteiger partial charge on any atom is 0.137 e. The van der Waals surface area contributed by atoms with Crippen molar-refractivity contribution in [3.8, 4) is 5.75 Å². The minimum atomic E-state index is 0.311. The second-order valence-corrected chi connectivity index (χ2v) is 3.47. The molecule has 2 heterocycles. The van der Waals surface area contributed by atoms with E-state index in [9.17, 15) is 5.11 Å². The number of aromatic nitrogens is 2. The summed E-state index contributed by atoms with van der Waals surface area (Å²) in [5.74, 6) is 0.645. The second kappa shape index (κ2) is 2.76. The molecular formula is C10H12N2O. The van der Waals surface area contributed by atoms with Crippen LogP contribution in [-0.4, -0.2) is 14.7 Å². The van der Waals surface area contributed by atoms with Crippen molar-refractivity contribution in [2.24, 2.45) is 0 Å². The van der Waals surface area contributed by atoms with E-state index >= 15 is 0 Å². The molecule has 0 unspecified atom stereocenters. The van der Waals surface area contributed by atoms with Gasteiger partial charge in [0.25, 0.3) is 0 Å². The molecule has 0 spiro atoms.